The number of carbonyl (C=O) groups is 1. The van der Waals surface area contributed by atoms with Crippen molar-refractivity contribution in [3.05, 3.63) is 47.7 Å². The molecule has 16 heavy (non-hydrogen) atoms. The van der Waals surface area contributed by atoms with Crippen LogP contribution in [0, 0.1) is 0 Å². The van der Waals surface area contributed by atoms with Crippen molar-refractivity contribution in [1.29, 1.82) is 0 Å². The summed E-state index contributed by atoms with van der Waals surface area (Å²) in [5, 5.41) is 11.4. The molecule has 86 valence electrons. The minimum atomic E-state index is -0.515. The Labute approximate surface area is 94.6 Å². The maximum atomic E-state index is 11.1. The molecule has 0 bridgehead atoms. The van der Waals surface area contributed by atoms with Crippen LogP contribution in [0.1, 0.15) is 18.1 Å². The molecule has 0 saturated heterocycles. The number of aliphatic hydroxyl groups excluding tert-OH is 1. The molecule has 0 aliphatic rings. The number of rotatable bonds is 4. The molecule has 0 saturated carbocycles. The summed E-state index contributed by atoms with van der Waals surface area (Å²) in [5.74, 6) is 0.355. The Kier molecular flexibility index (Phi) is 4.54. The maximum Gasteiger partial charge on any atom is 0.412 e. The van der Waals surface area contributed by atoms with E-state index in [0.29, 0.717) is 12.3 Å². The van der Waals surface area contributed by atoms with Gasteiger partial charge in [0.05, 0.1) is 12.4 Å². The van der Waals surface area contributed by atoms with E-state index in [1.54, 1.807) is 19.1 Å². The van der Waals surface area contributed by atoms with E-state index in [1.165, 1.54) is 0 Å². The summed E-state index contributed by atoms with van der Waals surface area (Å²) < 4.78 is 4.73. The average molecular weight is 221 g/mol. The Morgan fingerprint density at radius 1 is 1.38 bits per heavy atom. The molecule has 1 rings (SSSR count). The summed E-state index contributed by atoms with van der Waals surface area (Å²) in [6, 6.07) is 7.29. The van der Waals surface area contributed by atoms with Gasteiger partial charge in [0.2, 0.25) is 0 Å². The van der Waals surface area contributed by atoms with Crippen LogP contribution >= 0.6 is 0 Å². The smallest absolute Gasteiger partial charge is 0.412 e. The van der Waals surface area contributed by atoms with E-state index in [2.05, 4.69) is 11.9 Å². The molecule has 0 unspecified atom stereocenters. The number of ether oxygens (including phenoxy) is 1. The second-order valence-electron chi connectivity index (χ2n) is 3.42. The topological polar surface area (TPSA) is 58.6 Å². The molecule has 0 spiro atoms. The van der Waals surface area contributed by atoms with Gasteiger partial charge in [0, 0.05) is 6.54 Å². The number of carbonyl (C=O) groups excluding carboxylic acids is 1. The van der Waals surface area contributed by atoms with Crippen LogP contribution in [0.5, 0.6) is 0 Å². The Bertz CT molecular complexity index is 370. The first-order chi connectivity index (χ1) is 7.61. The van der Waals surface area contributed by atoms with Crippen LogP contribution in [0.3, 0.4) is 0 Å². The van der Waals surface area contributed by atoms with Crippen molar-refractivity contribution >= 4 is 6.09 Å². The van der Waals surface area contributed by atoms with Crippen LogP contribution in [0.15, 0.2) is 36.6 Å². The summed E-state index contributed by atoms with van der Waals surface area (Å²) in [6.07, 6.45) is -0.515. The van der Waals surface area contributed by atoms with E-state index >= 15 is 0 Å². The van der Waals surface area contributed by atoms with Gasteiger partial charge in [0.25, 0.3) is 0 Å². The molecule has 0 aliphatic carbocycles. The Balaban J connectivity index is 2.42. The van der Waals surface area contributed by atoms with Crippen molar-refractivity contribution in [2.75, 3.05) is 0 Å². The minimum Gasteiger partial charge on any atom is -0.416 e. The largest absolute Gasteiger partial charge is 0.416 e. The predicted molar refractivity (Wildman–Crippen MR) is 60.5 cm³/mol. The molecule has 2 N–H and O–H groups in total. The highest BCUT2D eigenvalue weighted by Gasteiger charge is 2.01. The fraction of sp³-hybridized carbons (Fsp3) is 0.250. The summed E-state index contributed by atoms with van der Waals surface area (Å²) in [6.45, 7) is 5.47. The second-order valence-corrected chi connectivity index (χ2v) is 3.42. The van der Waals surface area contributed by atoms with Gasteiger partial charge in [0.15, 0.2) is 0 Å². The van der Waals surface area contributed by atoms with E-state index in [9.17, 15) is 4.79 Å². The number of allylic oxidation sites excluding steroid dienone is 1. The second kappa shape index (κ2) is 5.92. The van der Waals surface area contributed by atoms with Gasteiger partial charge in [-0.1, -0.05) is 30.8 Å². The number of benzene rings is 1. The Hall–Kier alpha value is -1.81. The van der Waals surface area contributed by atoms with Crippen LogP contribution in [-0.2, 0) is 17.9 Å². The lowest BCUT2D eigenvalue weighted by atomic mass is 10.1. The van der Waals surface area contributed by atoms with Gasteiger partial charge in [-0.2, -0.15) is 0 Å². The molecular formula is C12H15NO3. The lowest BCUT2D eigenvalue weighted by Crippen LogP contribution is -2.22. The van der Waals surface area contributed by atoms with Gasteiger partial charge in [-0.25, -0.2) is 4.79 Å². The molecule has 0 heterocycles. The van der Waals surface area contributed by atoms with Crippen LogP contribution in [0.2, 0.25) is 0 Å². The number of aliphatic hydroxyl groups is 1. The van der Waals surface area contributed by atoms with Crippen molar-refractivity contribution in [2.24, 2.45) is 0 Å². The first-order valence-corrected chi connectivity index (χ1v) is 4.91. The number of nitrogens with one attached hydrogen (secondary N) is 1. The van der Waals surface area contributed by atoms with E-state index in [4.69, 9.17) is 9.84 Å². The fourth-order valence-corrected chi connectivity index (χ4v) is 1.13. The number of alkyl carbamates (subject to hydrolysis) is 1. The molecule has 0 radical (unpaired) electrons. The zero-order chi connectivity index (χ0) is 12.0. The van der Waals surface area contributed by atoms with Gasteiger partial charge in [-0.05, 0) is 18.1 Å². The third-order valence-electron chi connectivity index (χ3n) is 1.91. The molecule has 0 fully saturated rings. The molecule has 0 aromatic heterocycles. The highest BCUT2D eigenvalue weighted by atomic mass is 16.6. The lowest BCUT2D eigenvalue weighted by molar-refractivity contribution is 0.176. The molecule has 1 amide bonds. The quantitative estimate of drug-likeness (QED) is 0.764. The third kappa shape index (κ3) is 4.14. The van der Waals surface area contributed by atoms with E-state index in [0.717, 1.165) is 11.1 Å². The Morgan fingerprint density at radius 2 is 1.94 bits per heavy atom. The van der Waals surface area contributed by atoms with Gasteiger partial charge in [-0.3, -0.25) is 0 Å². The summed E-state index contributed by atoms with van der Waals surface area (Å²) in [4.78, 5) is 11.1. The van der Waals surface area contributed by atoms with Gasteiger partial charge in [0.1, 0.15) is 0 Å². The highest BCUT2D eigenvalue weighted by Crippen LogP contribution is 2.04. The minimum absolute atomic E-state index is 0.0193. The molecule has 0 atom stereocenters. The first-order valence-electron chi connectivity index (χ1n) is 4.91. The lowest BCUT2D eigenvalue weighted by Gasteiger charge is -2.06. The molecule has 4 heteroatoms. The normalized spacial score (nSPS) is 9.62. The zero-order valence-corrected chi connectivity index (χ0v) is 9.19. The molecule has 1 aromatic carbocycles. The Morgan fingerprint density at radius 3 is 2.44 bits per heavy atom. The fourth-order valence-electron chi connectivity index (χ4n) is 1.13. The van der Waals surface area contributed by atoms with E-state index in [1.807, 2.05) is 12.1 Å². The van der Waals surface area contributed by atoms with Crippen molar-refractivity contribution in [3.63, 3.8) is 0 Å². The van der Waals surface area contributed by atoms with Crippen LogP contribution in [0.25, 0.3) is 0 Å². The average Bonchev–Trinajstić information content (AvgIpc) is 2.26. The number of hydrogen-bond donors (Lipinski definition) is 2. The number of hydrogen-bond acceptors (Lipinski definition) is 3. The summed E-state index contributed by atoms with van der Waals surface area (Å²) in [5.41, 5.74) is 1.78. The van der Waals surface area contributed by atoms with E-state index in [-0.39, 0.29) is 6.61 Å². The van der Waals surface area contributed by atoms with Crippen molar-refractivity contribution < 1.29 is 14.6 Å². The third-order valence-corrected chi connectivity index (χ3v) is 1.91. The van der Waals surface area contributed by atoms with Gasteiger partial charge < -0.3 is 15.2 Å². The predicted octanol–water partition coefficient (Wildman–Crippen LogP) is 1.94. The van der Waals surface area contributed by atoms with Crippen LogP contribution < -0.4 is 5.32 Å². The van der Waals surface area contributed by atoms with Crippen molar-refractivity contribution in [2.45, 2.75) is 20.1 Å². The molecule has 0 aliphatic heterocycles. The SMILES string of the molecule is C=C(C)OC(=O)NCc1ccc(CO)cc1. The maximum absolute atomic E-state index is 11.1. The summed E-state index contributed by atoms with van der Waals surface area (Å²) in [7, 11) is 0. The van der Waals surface area contributed by atoms with E-state index < -0.39 is 6.09 Å². The van der Waals surface area contributed by atoms with Crippen LogP contribution in [0.4, 0.5) is 4.79 Å². The van der Waals surface area contributed by atoms with Crippen LogP contribution in [-0.4, -0.2) is 11.2 Å². The monoisotopic (exact) mass is 221 g/mol. The zero-order valence-electron chi connectivity index (χ0n) is 9.19. The van der Waals surface area contributed by atoms with Crippen molar-refractivity contribution in [1.82, 2.24) is 5.32 Å². The van der Waals surface area contributed by atoms with Gasteiger partial charge in [-0.15, -0.1) is 0 Å². The van der Waals surface area contributed by atoms with Gasteiger partial charge >= 0.3 is 6.09 Å². The molecule has 4 nitrogen and oxygen atoms in total. The highest BCUT2D eigenvalue weighted by molar-refractivity contribution is 5.68. The molecule has 1 aromatic rings. The summed E-state index contributed by atoms with van der Waals surface area (Å²) >= 11 is 0. The molecular weight excluding hydrogens is 206 g/mol. The number of amides is 1. The standard InChI is InChI=1S/C12H15NO3/c1-9(2)16-12(15)13-7-10-3-5-11(8-14)6-4-10/h3-6,14H,1,7-8H2,2H3,(H,13,15). The van der Waals surface area contributed by atoms with Crippen molar-refractivity contribution in [3.8, 4) is 0 Å². The first kappa shape index (κ1) is 12.3.